The molecule has 0 bridgehead atoms. The first-order valence-corrected chi connectivity index (χ1v) is 4.29. The first-order chi connectivity index (χ1) is 4.86. The van der Waals surface area contributed by atoms with Gasteiger partial charge in [-0.15, -0.1) is 30.6 Å². The van der Waals surface area contributed by atoms with Crippen molar-refractivity contribution in [2.75, 3.05) is 25.5 Å². The predicted molar refractivity (Wildman–Crippen MR) is 52.7 cm³/mol. The van der Waals surface area contributed by atoms with Crippen molar-refractivity contribution < 1.29 is 0 Å². The Balaban J connectivity index is 0.000001000. The number of rotatable bonds is 3. The Labute approximate surface area is 79.8 Å². The highest BCUT2D eigenvalue weighted by molar-refractivity contribution is 6.18. The summed E-state index contributed by atoms with van der Waals surface area (Å²) in [6, 6.07) is 0. The first kappa shape index (κ1) is 11.3. The van der Waals surface area contributed by atoms with Crippen LogP contribution in [0.4, 0.5) is 0 Å². The molecule has 1 fully saturated rings. The van der Waals surface area contributed by atoms with Gasteiger partial charge in [-0.2, -0.15) is 0 Å². The molecule has 0 aromatic carbocycles. The van der Waals surface area contributed by atoms with Crippen molar-refractivity contribution in [3.63, 3.8) is 0 Å². The van der Waals surface area contributed by atoms with Crippen LogP contribution < -0.4 is 0 Å². The van der Waals surface area contributed by atoms with Gasteiger partial charge in [-0.1, -0.05) is 6.08 Å². The molecule has 0 spiro atoms. The van der Waals surface area contributed by atoms with Crippen LogP contribution in [0.15, 0.2) is 12.7 Å². The van der Waals surface area contributed by atoms with Crippen LogP contribution >= 0.6 is 24.0 Å². The summed E-state index contributed by atoms with van der Waals surface area (Å²) >= 11 is 5.72. The quantitative estimate of drug-likeness (QED) is 0.493. The molecule has 1 saturated heterocycles. The zero-order chi connectivity index (χ0) is 7.40. The van der Waals surface area contributed by atoms with Gasteiger partial charge in [-0.05, 0) is 18.9 Å². The molecule has 0 aromatic rings. The average molecular weight is 196 g/mol. The van der Waals surface area contributed by atoms with E-state index < -0.39 is 0 Å². The summed E-state index contributed by atoms with van der Waals surface area (Å²) in [7, 11) is 0. The van der Waals surface area contributed by atoms with Gasteiger partial charge in [-0.25, -0.2) is 0 Å². The second kappa shape index (κ2) is 5.87. The Bertz CT molecular complexity index is 117. The number of nitrogens with zero attached hydrogens (tertiary/aromatic N) is 1. The van der Waals surface area contributed by atoms with E-state index in [0.717, 1.165) is 24.9 Å². The number of halogens is 2. The van der Waals surface area contributed by atoms with Crippen LogP contribution in [0.5, 0.6) is 0 Å². The molecule has 1 heterocycles. The van der Waals surface area contributed by atoms with Crippen molar-refractivity contribution in [1.29, 1.82) is 0 Å². The van der Waals surface area contributed by atoms with Gasteiger partial charge in [-0.3, -0.25) is 4.90 Å². The zero-order valence-electron chi connectivity index (χ0n) is 6.63. The lowest BCUT2D eigenvalue weighted by Crippen LogP contribution is -2.20. The second-order valence-electron chi connectivity index (χ2n) is 2.86. The monoisotopic (exact) mass is 195 g/mol. The molecule has 0 N–H and O–H groups in total. The number of alkyl halides is 1. The highest BCUT2D eigenvalue weighted by Crippen LogP contribution is 2.16. The topological polar surface area (TPSA) is 3.24 Å². The lowest BCUT2D eigenvalue weighted by atomic mass is 10.2. The van der Waals surface area contributed by atoms with Crippen molar-refractivity contribution >= 4 is 24.0 Å². The largest absolute Gasteiger partial charge is 0.299 e. The van der Waals surface area contributed by atoms with Gasteiger partial charge in [0.1, 0.15) is 0 Å². The predicted octanol–water partition coefficient (Wildman–Crippen LogP) is 2.15. The van der Waals surface area contributed by atoms with E-state index >= 15 is 0 Å². The summed E-state index contributed by atoms with van der Waals surface area (Å²) in [5.41, 5.74) is 0. The van der Waals surface area contributed by atoms with Gasteiger partial charge in [0.15, 0.2) is 0 Å². The van der Waals surface area contributed by atoms with Crippen molar-refractivity contribution in [1.82, 2.24) is 4.90 Å². The third-order valence-electron chi connectivity index (χ3n) is 1.98. The zero-order valence-corrected chi connectivity index (χ0v) is 8.20. The fraction of sp³-hybridized carbons (Fsp3) is 0.750. The SMILES string of the molecule is C=CCN1CCC(CCl)C1.Cl. The molecular weight excluding hydrogens is 181 g/mol. The maximum absolute atomic E-state index is 5.72. The molecule has 1 nitrogen and oxygen atoms in total. The molecule has 0 aliphatic carbocycles. The van der Waals surface area contributed by atoms with Crippen molar-refractivity contribution in [3.05, 3.63) is 12.7 Å². The smallest absolute Gasteiger partial charge is 0.0264 e. The van der Waals surface area contributed by atoms with Crippen LogP contribution in [-0.2, 0) is 0 Å². The maximum atomic E-state index is 5.72. The van der Waals surface area contributed by atoms with Gasteiger partial charge in [0.2, 0.25) is 0 Å². The molecular formula is C8H15Cl2N. The summed E-state index contributed by atoms with van der Waals surface area (Å²) < 4.78 is 0. The minimum Gasteiger partial charge on any atom is -0.299 e. The van der Waals surface area contributed by atoms with Crippen LogP contribution in [0.25, 0.3) is 0 Å². The lowest BCUT2D eigenvalue weighted by molar-refractivity contribution is 0.365. The molecule has 1 aliphatic rings. The van der Waals surface area contributed by atoms with Crippen LogP contribution in [0, 0.1) is 5.92 Å². The molecule has 11 heavy (non-hydrogen) atoms. The molecule has 1 atom stereocenters. The molecule has 66 valence electrons. The highest BCUT2D eigenvalue weighted by Gasteiger charge is 2.19. The Hall–Kier alpha value is 0.280. The molecule has 0 saturated carbocycles. The molecule has 0 aromatic heterocycles. The summed E-state index contributed by atoms with van der Waals surface area (Å²) in [5.74, 6) is 1.54. The molecule has 3 heteroatoms. The molecule has 1 unspecified atom stereocenters. The van der Waals surface area contributed by atoms with Crippen molar-refractivity contribution in [3.8, 4) is 0 Å². The van der Waals surface area contributed by atoms with Crippen LogP contribution in [0.2, 0.25) is 0 Å². The first-order valence-electron chi connectivity index (χ1n) is 3.76. The van der Waals surface area contributed by atoms with Crippen LogP contribution in [-0.4, -0.2) is 30.4 Å². The van der Waals surface area contributed by atoms with E-state index in [-0.39, 0.29) is 12.4 Å². The number of likely N-dealkylation sites (tertiary alicyclic amines) is 1. The fourth-order valence-corrected chi connectivity index (χ4v) is 1.64. The van der Waals surface area contributed by atoms with Gasteiger partial charge in [0.05, 0.1) is 0 Å². The van der Waals surface area contributed by atoms with Crippen LogP contribution in [0.1, 0.15) is 6.42 Å². The number of hydrogen-bond acceptors (Lipinski definition) is 1. The number of hydrogen-bond donors (Lipinski definition) is 0. The van der Waals surface area contributed by atoms with Gasteiger partial charge in [0.25, 0.3) is 0 Å². The van der Waals surface area contributed by atoms with E-state index in [9.17, 15) is 0 Å². The van der Waals surface area contributed by atoms with E-state index in [1.807, 2.05) is 6.08 Å². The molecule has 1 rings (SSSR count). The van der Waals surface area contributed by atoms with E-state index in [4.69, 9.17) is 11.6 Å². The maximum Gasteiger partial charge on any atom is 0.0264 e. The minimum absolute atomic E-state index is 0. The summed E-state index contributed by atoms with van der Waals surface area (Å²) in [6.45, 7) is 7.08. The summed E-state index contributed by atoms with van der Waals surface area (Å²) in [4.78, 5) is 2.39. The van der Waals surface area contributed by atoms with Crippen molar-refractivity contribution in [2.24, 2.45) is 5.92 Å². The van der Waals surface area contributed by atoms with E-state index in [2.05, 4.69) is 11.5 Å². The molecule has 0 radical (unpaired) electrons. The summed E-state index contributed by atoms with van der Waals surface area (Å²) in [5, 5.41) is 0. The fourth-order valence-electron chi connectivity index (χ4n) is 1.39. The molecule has 1 aliphatic heterocycles. The van der Waals surface area contributed by atoms with Gasteiger partial charge >= 0.3 is 0 Å². The van der Waals surface area contributed by atoms with Crippen molar-refractivity contribution in [2.45, 2.75) is 6.42 Å². The second-order valence-corrected chi connectivity index (χ2v) is 3.17. The Morgan fingerprint density at radius 1 is 1.64 bits per heavy atom. The third kappa shape index (κ3) is 3.46. The summed E-state index contributed by atoms with van der Waals surface area (Å²) in [6.07, 6.45) is 3.22. The highest BCUT2D eigenvalue weighted by atomic mass is 35.5. The lowest BCUT2D eigenvalue weighted by Gasteiger charge is -2.11. The van der Waals surface area contributed by atoms with Gasteiger partial charge in [0, 0.05) is 19.0 Å². The molecule has 0 amide bonds. The Morgan fingerprint density at radius 2 is 2.36 bits per heavy atom. The minimum atomic E-state index is 0. The standard InChI is InChI=1S/C8H14ClN.ClH/c1-2-4-10-5-3-8(6-9)7-10;/h2,8H,1,3-7H2;1H. The third-order valence-corrected chi connectivity index (χ3v) is 2.41. The van der Waals surface area contributed by atoms with E-state index in [0.29, 0.717) is 0 Å². The normalized spacial score (nSPS) is 24.6. The Kier molecular flexibility index (Phi) is 6.02. The average Bonchev–Trinajstić information content (AvgIpc) is 2.37. The van der Waals surface area contributed by atoms with Crippen LogP contribution in [0.3, 0.4) is 0 Å². The Morgan fingerprint density at radius 3 is 2.82 bits per heavy atom. The van der Waals surface area contributed by atoms with E-state index in [1.165, 1.54) is 13.0 Å². The van der Waals surface area contributed by atoms with Gasteiger partial charge < -0.3 is 0 Å². The van der Waals surface area contributed by atoms with E-state index in [1.54, 1.807) is 0 Å².